The largest absolute Gasteiger partial charge is 0.396 e. The van der Waals surface area contributed by atoms with Crippen molar-refractivity contribution >= 4 is 6.03 Å². The lowest BCUT2D eigenvalue weighted by atomic mass is 9.55. The molecule has 3 unspecified atom stereocenters. The van der Waals surface area contributed by atoms with Gasteiger partial charge in [0.15, 0.2) is 0 Å². The molecule has 0 aromatic heterocycles. The summed E-state index contributed by atoms with van der Waals surface area (Å²) in [7, 11) is 0. The summed E-state index contributed by atoms with van der Waals surface area (Å²) in [5.41, 5.74) is 0.177. The average molecular weight is 324 g/mol. The maximum atomic E-state index is 12.6. The van der Waals surface area contributed by atoms with E-state index < -0.39 is 0 Å². The predicted octanol–water partition coefficient (Wildman–Crippen LogP) is 2.53. The highest BCUT2D eigenvalue weighted by Crippen LogP contribution is 2.53. The lowest BCUT2D eigenvalue weighted by molar-refractivity contribution is -0.147. The van der Waals surface area contributed by atoms with Crippen LogP contribution in [0, 0.1) is 11.3 Å². The zero-order valence-electron chi connectivity index (χ0n) is 14.4. The zero-order chi connectivity index (χ0) is 16.3. The number of piperidine rings is 1. The van der Waals surface area contributed by atoms with Gasteiger partial charge in [0.2, 0.25) is 0 Å². The molecule has 3 aliphatic rings. The van der Waals surface area contributed by atoms with E-state index >= 15 is 0 Å². The Morgan fingerprint density at radius 2 is 2.09 bits per heavy atom. The number of aliphatic hydroxyl groups excluding tert-OH is 1. The van der Waals surface area contributed by atoms with Crippen LogP contribution in [-0.4, -0.2) is 54.5 Å². The highest BCUT2D eigenvalue weighted by molar-refractivity contribution is 5.75. The first-order chi connectivity index (χ1) is 11.2. The fraction of sp³-hybridized carbons (Fsp3) is 0.944. The number of likely N-dealkylation sites (tertiary alicyclic amines) is 1. The van der Waals surface area contributed by atoms with Crippen molar-refractivity contribution in [2.45, 2.75) is 70.4 Å². The second kappa shape index (κ2) is 7.39. The molecule has 132 valence electrons. The van der Waals surface area contributed by atoms with Crippen LogP contribution in [0.3, 0.4) is 0 Å². The Labute approximate surface area is 139 Å². The van der Waals surface area contributed by atoms with Gasteiger partial charge in [-0.25, -0.2) is 4.79 Å². The summed E-state index contributed by atoms with van der Waals surface area (Å²) in [6, 6.07) is 0.328. The number of nitrogens with one attached hydrogen (secondary N) is 1. The van der Waals surface area contributed by atoms with E-state index in [1.807, 2.05) is 4.90 Å². The van der Waals surface area contributed by atoms with Crippen LogP contribution >= 0.6 is 0 Å². The Bertz CT molecular complexity index is 409. The number of carbonyl (C=O) groups excluding carboxylic acids is 1. The number of hydrogen-bond donors (Lipinski definition) is 2. The molecule has 0 aromatic rings. The molecule has 5 nitrogen and oxygen atoms in total. The van der Waals surface area contributed by atoms with Gasteiger partial charge in [0.05, 0.1) is 6.10 Å². The Hall–Kier alpha value is -0.810. The number of carbonyl (C=O) groups is 1. The van der Waals surface area contributed by atoms with Crippen molar-refractivity contribution in [2.24, 2.45) is 11.3 Å². The predicted molar refractivity (Wildman–Crippen MR) is 89.3 cm³/mol. The minimum Gasteiger partial charge on any atom is -0.396 e. The van der Waals surface area contributed by atoms with Crippen molar-refractivity contribution < 1.29 is 14.6 Å². The summed E-state index contributed by atoms with van der Waals surface area (Å²) in [5.74, 6) is 0.246. The Morgan fingerprint density at radius 1 is 1.30 bits per heavy atom. The van der Waals surface area contributed by atoms with Gasteiger partial charge in [-0.3, -0.25) is 0 Å². The quantitative estimate of drug-likeness (QED) is 0.835. The first kappa shape index (κ1) is 17.0. The molecule has 1 saturated heterocycles. The summed E-state index contributed by atoms with van der Waals surface area (Å²) < 4.78 is 5.96. The molecule has 0 aromatic carbocycles. The highest BCUT2D eigenvalue weighted by atomic mass is 16.5. The summed E-state index contributed by atoms with van der Waals surface area (Å²) in [4.78, 5) is 14.5. The van der Waals surface area contributed by atoms with Crippen LogP contribution in [0.2, 0.25) is 0 Å². The van der Waals surface area contributed by atoms with Crippen molar-refractivity contribution in [3.8, 4) is 0 Å². The van der Waals surface area contributed by atoms with Gasteiger partial charge in [0, 0.05) is 37.8 Å². The molecule has 3 rings (SSSR count). The van der Waals surface area contributed by atoms with Gasteiger partial charge in [-0.15, -0.1) is 0 Å². The lowest BCUT2D eigenvalue weighted by Crippen LogP contribution is -2.66. The third kappa shape index (κ3) is 3.36. The fourth-order valence-corrected chi connectivity index (χ4v) is 4.90. The second-order valence-corrected chi connectivity index (χ2v) is 7.61. The molecule has 5 heteroatoms. The van der Waals surface area contributed by atoms with E-state index in [0.29, 0.717) is 12.6 Å². The number of ether oxygens (including phenoxy) is 1. The number of hydrogen-bond acceptors (Lipinski definition) is 3. The normalized spacial score (nSPS) is 33.3. The van der Waals surface area contributed by atoms with Crippen molar-refractivity contribution in [3.63, 3.8) is 0 Å². The van der Waals surface area contributed by atoms with Crippen molar-refractivity contribution in [2.75, 3.05) is 26.3 Å². The molecule has 23 heavy (non-hydrogen) atoms. The smallest absolute Gasteiger partial charge is 0.317 e. The molecule has 0 radical (unpaired) electrons. The van der Waals surface area contributed by atoms with E-state index in [0.717, 1.165) is 32.4 Å². The molecule has 2 N–H and O–H groups in total. The van der Waals surface area contributed by atoms with E-state index in [9.17, 15) is 9.90 Å². The van der Waals surface area contributed by atoms with Crippen molar-refractivity contribution in [3.05, 3.63) is 0 Å². The SMILES string of the molecule is CCOC1CC(NC(=O)N2CCCC(CO)C2)C12CCCCC2. The van der Waals surface area contributed by atoms with Crippen LogP contribution in [0.5, 0.6) is 0 Å². The van der Waals surface area contributed by atoms with Gasteiger partial charge in [-0.2, -0.15) is 0 Å². The Morgan fingerprint density at radius 3 is 2.78 bits per heavy atom. The van der Waals surface area contributed by atoms with Crippen LogP contribution < -0.4 is 5.32 Å². The summed E-state index contributed by atoms with van der Waals surface area (Å²) >= 11 is 0. The molecule has 3 atom stereocenters. The minimum absolute atomic E-state index is 0.0630. The lowest BCUT2D eigenvalue weighted by Gasteiger charge is -2.57. The van der Waals surface area contributed by atoms with Crippen molar-refractivity contribution in [1.29, 1.82) is 0 Å². The molecular formula is C18H32N2O3. The molecule has 3 fully saturated rings. The topological polar surface area (TPSA) is 61.8 Å². The fourth-order valence-electron chi connectivity index (χ4n) is 4.90. The van der Waals surface area contributed by atoms with E-state index in [2.05, 4.69) is 12.2 Å². The molecular weight excluding hydrogens is 292 g/mol. The number of nitrogens with zero attached hydrogens (tertiary/aromatic N) is 1. The van der Waals surface area contributed by atoms with Gasteiger partial charge in [-0.1, -0.05) is 19.3 Å². The summed E-state index contributed by atoms with van der Waals surface area (Å²) in [6.45, 7) is 4.51. The van der Waals surface area contributed by atoms with Crippen LogP contribution in [0.4, 0.5) is 4.79 Å². The highest BCUT2D eigenvalue weighted by Gasteiger charge is 2.56. The van der Waals surface area contributed by atoms with Gasteiger partial charge in [0.25, 0.3) is 0 Å². The van der Waals surface area contributed by atoms with Crippen LogP contribution in [0.1, 0.15) is 58.3 Å². The summed E-state index contributed by atoms with van der Waals surface area (Å²) in [5, 5.41) is 12.7. The number of amides is 2. The van der Waals surface area contributed by atoms with Gasteiger partial charge in [-0.05, 0) is 44.9 Å². The number of rotatable bonds is 4. The van der Waals surface area contributed by atoms with Gasteiger partial charge < -0.3 is 20.1 Å². The third-order valence-corrected chi connectivity index (χ3v) is 6.30. The maximum Gasteiger partial charge on any atom is 0.317 e. The first-order valence-electron chi connectivity index (χ1n) is 9.47. The molecule has 2 aliphatic carbocycles. The standard InChI is InChI=1S/C18H32N2O3/c1-2-23-16-11-15(18(16)8-4-3-5-9-18)19-17(22)20-10-6-7-14(12-20)13-21/h14-16,21H,2-13H2,1H3,(H,19,22). The van der Waals surface area contributed by atoms with Crippen LogP contribution in [-0.2, 0) is 4.74 Å². The number of aliphatic hydroxyl groups is 1. The summed E-state index contributed by atoms with van der Waals surface area (Å²) in [6.07, 6.45) is 9.49. The Balaban J connectivity index is 1.59. The molecule has 2 amide bonds. The third-order valence-electron chi connectivity index (χ3n) is 6.30. The van der Waals surface area contributed by atoms with E-state index in [1.54, 1.807) is 0 Å². The van der Waals surface area contributed by atoms with Crippen LogP contribution in [0.25, 0.3) is 0 Å². The second-order valence-electron chi connectivity index (χ2n) is 7.61. The van der Waals surface area contributed by atoms with Gasteiger partial charge in [0.1, 0.15) is 0 Å². The molecule has 0 bridgehead atoms. The monoisotopic (exact) mass is 324 g/mol. The Kier molecular flexibility index (Phi) is 5.47. The average Bonchev–Trinajstić information content (AvgIpc) is 2.61. The molecule has 1 aliphatic heterocycles. The minimum atomic E-state index is 0.0630. The van der Waals surface area contributed by atoms with E-state index in [-0.39, 0.29) is 30.0 Å². The molecule has 1 spiro atoms. The van der Waals surface area contributed by atoms with Crippen molar-refractivity contribution in [1.82, 2.24) is 10.2 Å². The first-order valence-corrected chi connectivity index (χ1v) is 9.47. The zero-order valence-corrected chi connectivity index (χ0v) is 14.4. The van der Waals surface area contributed by atoms with Crippen LogP contribution in [0.15, 0.2) is 0 Å². The van der Waals surface area contributed by atoms with E-state index in [1.165, 1.54) is 32.1 Å². The van der Waals surface area contributed by atoms with E-state index in [4.69, 9.17) is 4.74 Å². The maximum absolute atomic E-state index is 12.6. The molecule has 1 heterocycles. The van der Waals surface area contributed by atoms with Gasteiger partial charge >= 0.3 is 6.03 Å². The molecule has 2 saturated carbocycles. The number of urea groups is 1.